The van der Waals surface area contributed by atoms with Crippen molar-refractivity contribution in [2.75, 3.05) is 19.8 Å². The number of aliphatic hydroxyl groups is 1. The minimum absolute atomic E-state index is 0.000884. The summed E-state index contributed by atoms with van der Waals surface area (Å²) in [4.78, 5) is 15.3. The number of hydrogen-bond donors (Lipinski definition) is 2. The molecule has 2 aromatic rings. The zero-order valence-corrected chi connectivity index (χ0v) is 10.2. The number of rotatable bonds is 3. The molecule has 100 valence electrons. The van der Waals surface area contributed by atoms with Crippen LogP contribution in [0.2, 0.25) is 0 Å². The Labute approximate surface area is 109 Å². The van der Waals surface area contributed by atoms with E-state index in [0.29, 0.717) is 13.2 Å². The lowest BCUT2D eigenvalue weighted by atomic mass is 10.0. The van der Waals surface area contributed by atoms with E-state index in [2.05, 4.69) is 4.98 Å². The fourth-order valence-electron chi connectivity index (χ4n) is 2.49. The molecule has 6 heteroatoms. The standard InChI is InChI=1S/C13H14N2O4/c16-4-9-5-19-6-12(9)15-7-14-10-2-1-8(13(17)18)3-11(10)15/h1-3,7,9,12,16H,4-6H2,(H,17,18)/t9-,12+/m0/s1. The second kappa shape index (κ2) is 4.64. The van der Waals surface area contributed by atoms with Crippen molar-refractivity contribution in [3.05, 3.63) is 30.1 Å². The number of benzene rings is 1. The first-order chi connectivity index (χ1) is 9.20. The quantitative estimate of drug-likeness (QED) is 0.859. The van der Waals surface area contributed by atoms with Crippen molar-refractivity contribution in [2.45, 2.75) is 6.04 Å². The molecule has 1 fully saturated rings. The molecule has 0 saturated carbocycles. The molecular weight excluding hydrogens is 248 g/mol. The summed E-state index contributed by atoms with van der Waals surface area (Å²) in [7, 11) is 0. The number of aromatic nitrogens is 2. The topological polar surface area (TPSA) is 84.6 Å². The van der Waals surface area contributed by atoms with E-state index in [1.807, 2.05) is 4.57 Å². The van der Waals surface area contributed by atoms with Gasteiger partial charge >= 0.3 is 5.97 Å². The number of carboxylic acids is 1. The minimum Gasteiger partial charge on any atom is -0.478 e. The molecule has 0 radical (unpaired) electrons. The van der Waals surface area contributed by atoms with Crippen LogP contribution in [0.3, 0.4) is 0 Å². The molecule has 0 spiro atoms. The summed E-state index contributed by atoms with van der Waals surface area (Å²) in [6.07, 6.45) is 1.68. The molecule has 1 saturated heterocycles. The number of carboxylic acid groups (broad SMARTS) is 1. The number of carbonyl (C=O) groups is 1. The van der Waals surface area contributed by atoms with Gasteiger partial charge in [-0.2, -0.15) is 0 Å². The highest BCUT2D eigenvalue weighted by molar-refractivity contribution is 5.92. The number of fused-ring (bicyclic) bond motifs is 1. The van der Waals surface area contributed by atoms with E-state index in [1.54, 1.807) is 18.5 Å². The first-order valence-electron chi connectivity index (χ1n) is 6.09. The maximum atomic E-state index is 11.0. The average molecular weight is 262 g/mol. The maximum Gasteiger partial charge on any atom is 0.335 e. The maximum absolute atomic E-state index is 11.0. The molecule has 1 aromatic carbocycles. The molecule has 2 heterocycles. The van der Waals surface area contributed by atoms with Crippen molar-refractivity contribution in [1.29, 1.82) is 0 Å². The fourth-order valence-corrected chi connectivity index (χ4v) is 2.49. The van der Waals surface area contributed by atoms with Crippen molar-refractivity contribution in [1.82, 2.24) is 9.55 Å². The van der Waals surface area contributed by atoms with E-state index in [1.165, 1.54) is 6.07 Å². The predicted octanol–water partition coefficient (Wildman–Crippen LogP) is 0.914. The molecule has 1 aliphatic heterocycles. The Hall–Kier alpha value is -1.92. The predicted molar refractivity (Wildman–Crippen MR) is 67.1 cm³/mol. The number of aliphatic hydroxyl groups excluding tert-OH is 1. The highest BCUT2D eigenvalue weighted by atomic mass is 16.5. The second-order valence-electron chi connectivity index (χ2n) is 4.71. The van der Waals surface area contributed by atoms with Gasteiger partial charge in [-0.1, -0.05) is 0 Å². The summed E-state index contributed by atoms with van der Waals surface area (Å²) < 4.78 is 7.28. The van der Waals surface area contributed by atoms with Gasteiger partial charge in [0.25, 0.3) is 0 Å². The number of hydrogen-bond acceptors (Lipinski definition) is 4. The summed E-state index contributed by atoms with van der Waals surface area (Å²) in [6, 6.07) is 4.84. The van der Waals surface area contributed by atoms with E-state index >= 15 is 0 Å². The lowest BCUT2D eigenvalue weighted by Gasteiger charge is -2.17. The van der Waals surface area contributed by atoms with Crippen molar-refractivity contribution < 1.29 is 19.7 Å². The van der Waals surface area contributed by atoms with E-state index in [0.717, 1.165) is 11.0 Å². The SMILES string of the molecule is O=C(O)c1ccc2ncn([C@@H]3COC[C@@H]3CO)c2c1. The van der Waals surface area contributed by atoms with Gasteiger partial charge < -0.3 is 19.5 Å². The van der Waals surface area contributed by atoms with E-state index in [-0.39, 0.29) is 24.1 Å². The highest BCUT2D eigenvalue weighted by Gasteiger charge is 2.30. The Kier molecular flexibility index (Phi) is 2.96. The third-order valence-electron chi connectivity index (χ3n) is 3.58. The van der Waals surface area contributed by atoms with Crippen LogP contribution in [0, 0.1) is 5.92 Å². The number of nitrogens with zero attached hydrogens (tertiary/aromatic N) is 2. The normalized spacial score (nSPS) is 23.0. The number of ether oxygens (including phenoxy) is 1. The Morgan fingerprint density at radius 1 is 1.47 bits per heavy atom. The molecule has 19 heavy (non-hydrogen) atoms. The van der Waals surface area contributed by atoms with Gasteiger partial charge in [-0.05, 0) is 18.2 Å². The van der Waals surface area contributed by atoms with Gasteiger partial charge in [0, 0.05) is 5.92 Å². The Morgan fingerprint density at radius 2 is 2.32 bits per heavy atom. The molecule has 0 amide bonds. The largest absolute Gasteiger partial charge is 0.478 e. The van der Waals surface area contributed by atoms with E-state index in [9.17, 15) is 9.90 Å². The molecule has 2 atom stereocenters. The smallest absolute Gasteiger partial charge is 0.335 e. The van der Waals surface area contributed by atoms with Crippen LogP contribution < -0.4 is 0 Å². The molecule has 0 unspecified atom stereocenters. The van der Waals surface area contributed by atoms with Crippen LogP contribution >= 0.6 is 0 Å². The molecule has 1 aromatic heterocycles. The van der Waals surface area contributed by atoms with Crippen molar-refractivity contribution >= 4 is 17.0 Å². The van der Waals surface area contributed by atoms with Crippen LogP contribution in [0.1, 0.15) is 16.4 Å². The van der Waals surface area contributed by atoms with Crippen LogP contribution in [0.25, 0.3) is 11.0 Å². The molecule has 6 nitrogen and oxygen atoms in total. The van der Waals surface area contributed by atoms with Crippen molar-refractivity contribution in [2.24, 2.45) is 5.92 Å². The van der Waals surface area contributed by atoms with Gasteiger partial charge in [0.2, 0.25) is 0 Å². The molecule has 2 N–H and O–H groups in total. The number of imidazole rings is 1. The first kappa shape index (κ1) is 12.1. The lowest BCUT2D eigenvalue weighted by molar-refractivity contribution is 0.0697. The highest BCUT2D eigenvalue weighted by Crippen LogP contribution is 2.29. The van der Waals surface area contributed by atoms with Gasteiger partial charge in [-0.3, -0.25) is 0 Å². The van der Waals surface area contributed by atoms with Crippen LogP contribution in [0.5, 0.6) is 0 Å². The summed E-state index contributed by atoms with van der Waals surface area (Å²) >= 11 is 0. The van der Waals surface area contributed by atoms with Gasteiger partial charge in [-0.25, -0.2) is 9.78 Å². The minimum atomic E-state index is -0.962. The fraction of sp³-hybridized carbons (Fsp3) is 0.385. The van der Waals surface area contributed by atoms with Crippen molar-refractivity contribution in [3.8, 4) is 0 Å². The van der Waals surface area contributed by atoms with Gasteiger partial charge in [0.05, 0.1) is 48.8 Å². The molecule has 0 aliphatic carbocycles. The zero-order chi connectivity index (χ0) is 13.4. The summed E-state index contributed by atoms with van der Waals surface area (Å²) in [6.45, 7) is 1.07. The Balaban J connectivity index is 2.08. The van der Waals surface area contributed by atoms with Crippen LogP contribution in [-0.4, -0.2) is 45.6 Å². The van der Waals surface area contributed by atoms with E-state index in [4.69, 9.17) is 9.84 Å². The molecule has 0 bridgehead atoms. The van der Waals surface area contributed by atoms with E-state index < -0.39 is 5.97 Å². The van der Waals surface area contributed by atoms with Crippen LogP contribution in [-0.2, 0) is 4.74 Å². The third kappa shape index (κ3) is 1.98. The second-order valence-corrected chi connectivity index (χ2v) is 4.71. The van der Waals surface area contributed by atoms with Crippen LogP contribution in [0.15, 0.2) is 24.5 Å². The lowest BCUT2D eigenvalue weighted by Crippen LogP contribution is -2.20. The van der Waals surface area contributed by atoms with Gasteiger partial charge in [0.15, 0.2) is 0 Å². The monoisotopic (exact) mass is 262 g/mol. The summed E-state index contributed by atoms with van der Waals surface area (Å²) in [5, 5.41) is 18.4. The summed E-state index contributed by atoms with van der Waals surface area (Å²) in [5.41, 5.74) is 1.73. The van der Waals surface area contributed by atoms with Gasteiger partial charge in [-0.15, -0.1) is 0 Å². The van der Waals surface area contributed by atoms with Crippen molar-refractivity contribution in [3.63, 3.8) is 0 Å². The Bertz CT molecular complexity index is 622. The average Bonchev–Trinajstić information content (AvgIpc) is 3.03. The third-order valence-corrected chi connectivity index (χ3v) is 3.58. The van der Waals surface area contributed by atoms with Crippen LogP contribution in [0.4, 0.5) is 0 Å². The summed E-state index contributed by atoms with van der Waals surface area (Å²) in [5.74, 6) is -0.943. The first-order valence-corrected chi connectivity index (χ1v) is 6.09. The zero-order valence-electron chi connectivity index (χ0n) is 10.2. The van der Waals surface area contributed by atoms with Gasteiger partial charge in [0.1, 0.15) is 0 Å². The number of aromatic carboxylic acids is 1. The molecule has 1 aliphatic rings. The molecule has 3 rings (SSSR count). The Morgan fingerprint density at radius 3 is 3.05 bits per heavy atom. The molecular formula is C13H14N2O4.